The molecule has 0 fully saturated rings. The first kappa shape index (κ1) is 26.2. The molecule has 198 valence electrons. The number of nitro benzene ring substituents is 1. The molecule has 3 aliphatic rings. The van der Waals surface area contributed by atoms with E-state index in [0.717, 1.165) is 17.0 Å². The first-order valence-electron chi connectivity index (χ1n) is 12.8. The molecule has 2 aromatic rings. The van der Waals surface area contributed by atoms with Gasteiger partial charge >= 0.3 is 0 Å². The molecule has 0 spiro atoms. The normalized spacial score (nSPS) is 20.6. The number of ether oxygens (including phenoxy) is 1. The molecule has 1 aliphatic heterocycles. The zero-order valence-corrected chi connectivity index (χ0v) is 22.8. The number of nitrogens with one attached hydrogen (secondary N) is 1. The number of dihydropyridines is 1. The van der Waals surface area contributed by atoms with E-state index in [4.69, 9.17) is 16.3 Å². The molecule has 0 atom stereocenters. The Bertz CT molecular complexity index is 1370. The predicted molar refractivity (Wildman–Crippen MR) is 145 cm³/mol. The van der Waals surface area contributed by atoms with Gasteiger partial charge in [0.25, 0.3) is 5.69 Å². The number of hydrogen-bond donors (Lipinski definition) is 1. The molecule has 2 aliphatic carbocycles. The maximum Gasteiger partial charge on any atom is 0.269 e. The minimum absolute atomic E-state index is 0.00652. The summed E-state index contributed by atoms with van der Waals surface area (Å²) in [6.45, 7) is 8.51. The Labute approximate surface area is 227 Å². The zero-order valence-electron chi connectivity index (χ0n) is 22.0. The van der Waals surface area contributed by atoms with Crippen LogP contribution in [0, 0.1) is 20.9 Å². The highest BCUT2D eigenvalue weighted by Gasteiger charge is 2.47. The van der Waals surface area contributed by atoms with Gasteiger partial charge in [0.05, 0.1) is 4.92 Å². The summed E-state index contributed by atoms with van der Waals surface area (Å²) in [6, 6.07) is 11.5. The summed E-state index contributed by atoms with van der Waals surface area (Å²) in [5.74, 6) is 0.00564. The van der Waals surface area contributed by atoms with Crippen molar-refractivity contribution < 1.29 is 19.2 Å². The van der Waals surface area contributed by atoms with Crippen LogP contribution in [-0.2, 0) is 16.2 Å². The van der Waals surface area contributed by atoms with Crippen LogP contribution in [-0.4, -0.2) is 16.5 Å². The smallest absolute Gasteiger partial charge is 0.269 e. The zero-order chi connectivity index (χ0) is 27.4. The molecule has 38 heavy (non-hydrogen) atoms. The van der Waals surface area contributed by atoms with Crippen LogP contribution in [0.1, 0.15) is 70.4 Å². The fourth-order valence-electron chi connectivity index (χ4n) is 5.95. The predicted octanol–water partition coefficient (Wildman–Crippen LogP) is 6.80. The first-order chi connectivity index (χ1) is 17.8. The van der Waals surface area contributed by atoms with E-state index in [1.54, 1.807) is 30.3 Å². The van der Waals surface area contributed by atoms with Crippen molar-refractivity contribution in [2.75, 3.05) is 0 Å². The highest BCUT2D eigenvalue weighted by Crippen LogP contribution is 2.52. The third-order valence-corrected chi connectivity index (χ3v) is 7.78. The quantitative estimate of drug-likeness (QED) is 0.334. The number of allylic oxidation sites excluding steroid dienone is 4. The van der Waals surface area contributed by atoms with Gasteiger partial charge in [-0.05, 0) is 59.6 Å². The summed E-state index contributed by atoms with van der Waals surface area (Å²) >= 11 is 6.48. The number of nitro groups is 1. The summed E-state index contributed by atoms with van der Waals surface area (Å²) < 4.78 is 6.23. The molecule has 0 amide bonds. The minimum Gasteiger partial charge on any atom is -0.489 e. The highest BCUT2D eigenvalue weighted by molar-refractivity contribution is 6.30. The largest absolute Gasteiger partial charge is 0.489 e. The van der Waals surface area contributed by atoms with Gasteiger partial charge < -0.3 is 10.1 Å². The van der Waals surface area contributed by atoms with Gasteiger partial charge in [0.1, 0.15) is 12.4 Å². The summed E-state index contributed by atoms with van der Waals surface area (Å²) in [5, 5.41) is 15.0. The van der Waals surface area contributed by atoms with Crippen LogP contribution in [0.5, 0.6) is 5.75 Å². The molecule has 8 heteroatoms. The van der Waals surface area contributed by atoms with Crippen LogP contribution in [0.2, 0.25) is 5.02 Å². The average Bonchev–Trinajstić information content (AvgIpc) is 2.80. The summed E-state index contributed by atoms with van der Waals surface area (Å²) in [4.78, 5) is 37.8. The van der Waals surface area contributed by atoms with E-state index < -0.39 is 10.8 Å². The number of rotatable bonds is 5. The highest BCUT2D eigenvalue weighted by atomic mass is 35.5. The lowest BCUT2D eigenvalue weighted by Crippen LogP contribution is -2.42. The Balaban J connectivity index is 1.59. The average molecular weight is 535 g/mol. The van der Waals surface area contributed by atoms with Crippen LogP contribution in [0.4, 0.5) is 5.69 Å². The van der Waals surface area contributed by atoms with E-state index in [0.29, 0.717) is 53.2 Å². The number of nitrogens with zero attached hydrogens (tertiary/aromatic N) is 1. The molecule has 2 aromatic carbocycles. The SMILES string of the molecule is CC1(C)CC(=O)C2=C(C1)NC1=C(C(=O)CC(C)(C)C1)C2c1cc(Cl)ccc1OCc1ccc([N+](=O)[O-])cc1. The lowest BCUT2D eigenvalue weighted by molar-refractivity contribution is -0.384. The maximum absolute atomic E-state index is 13.6. The monoisotopic (exact) mass is 534 g/mol. The van der Waals surface area contributed by atoms with E-state index in [9.17, 15) is 19.7 Å². The van der Waals surface area contributed by atoms with Gasteiger partial charge in [-0.1, -0.05) is 39.3 Å². The molecule has 1 heterocycles. The minimum atomic E-state index is -0.570. The number of hydrogen-bond acceptors (Lipinski definition) is 6. The standard InChI is InChI=1S/C30H31ClN2O5/c1-29(2)12-21-27(23(34)14-29)26(28-22(32-21)13-30(3,4)15-24(28)35)20-11-18(31)7-10-25(20)38-16-17-5-8-19(9-6-17)33(36)37/h5-11,26,32H,12-16H2,1-4H3. The number of Topliss-reactive ketones (excluding diaryl/α,β-unsaturated/α-hetero) is 2. The van der Waals surface area contributed by atoms with Gasteiger partial charge in [-0.3, -0.25) is 19.7 Å². The van der Waals surface area contributed by atoms with Crippen LogP contribution >= 0.6 is 11.6 Å². The van der Waals surface area contributed by atoms with Gasteiger partial charge in [-0.2, -0.15) is 0 Å². The fourth-order valence-corrected chi connectivity index (χ4v) is 6.13. The Kier molecular flexibility index (Phi) is 6.46. The molecule has 0 unspecified atom stereocenters. The number of carbonyl (C=O) groups excluding carboxylic acids is 2. The van der Waals surface area contributed by atoms with Crippen LogP contribution in [0.3, 0.4) is 0 Å². The van der Waals surface area contributed by atoms with E-state index in [-0.39, 0.29) is 34.7 Å². The Morgan fingerprint density at radius 3 is 2.00 bits per heavy atom. The second kappa shape index (κ2) is 9.38. The molecule has 0 saturated carbocycles. The molecule has 0 radical (unpaired) electrons. The Morgan fingerprint density at radius 2 is 1.47 bits per heavy atom. The van der Waals surface area contributed by atoms with Crippen molar-refractivity contribution in [3.05, 3.63) is 91.3 Å². The lowest BCUT2D eigenvalue weighted by Gasteiger charge is -2.44. The van der Waals surface area contributed by atoms with Crippen LogP contribution in [0.25, 0.3) is 0 Å². The van der Waals surface area contributed by atoms with Gasteiger partial charge in [-0.15, -0.1) is 0 Å². The second-order valence-corrected chi connectivity index (χ2v) is 12.6. The van der Waals surface area contributed by atoms with Crippen LogP contribution < -0.4 is 10.1 Å². The molecule has 1 N–H and O–H groups in total. The molecule has 0 saturated heterocycles. The summed E-state index contributed by atoms with van der Waals surface area (Å²) in [6.07, 6.45) is 2.20. The molecule has 7 nitrogen and oxygen atoms in total. The number of halogens is 1. The van der Waals surface area contributed by atoms with E-state index in [1.165, 1.54) is 12.1 Å². The summed E-state index contributed by atoms with van der Waals surface area (Å²) in [5.41, 5.74) is 4.06. The number of non-ortho nitro benzene ring substituents is 1. The Hall–Kier alpha value is -3.45. The van der Waals surface area contributed by atoms with Gasteiger partial charge in [-0.25, -0.2) is 0 Å². The van der Waals surface area contributed by atoms with E-state index in [1.807, 2.05) is 0 Å². The van der Waals surface area contributed by atoms with Gasteiger partial charge in [0.15, 0.2) is 11.6 Å². The van der Waals surface area contributed by atoms with Crippen LogP contribution in [0.15, 0.2) is 65.0 Å². The number of benzene rings is 2. The van der Waals surface area contributed by atoms with Gasteiger partial charge in [0.2, 0.25) is 0 Å². The lowest BCUT2D eigenvalue weighted by atomic mass is 9.64. The maximum atomic E-state index is 13.6. The van der Waals surface area contributed by atoms with E-state index >= 15 is 0 Å². The topological polar surface area (TPSA) is 98.5 Å². The molecule has 0 aromatic heterocycles. The Morgan fingerprint density at radius 1 is 0.921 bits per heavy atom. The van der Waals surface area contributed by atoms with Crippen molar-refractivity contribution in [3.8, 4) is 5.75 Å². The van der Waals surface area contributed by atoms with Crippen molar-refractivity contribution >= 4 is 28.9 Å². The summed E-state index contributed by atoms with van der Waals surface area (Å²) in [7, 11) is 0. The third-order valence-electron chi connectivity index (χ3n) is 7.54. The van der Waals surface area contributed by atoms with Crippen molar-refractivity contribution in [1.82, 2.24) is 5.32 Å². The molecule has 5 rings (SSSR count). The van der Waals surface area contributed by atoms with Gasteiger partial charge in [0, 0.05) is 64.0 Å². The van der Waals surface area contributed by atoms with Crippen molar-refractivity contribution in [3.63, 3.8) is 0 Å². The fraction of sp³-hybridized carbons (Fsp3) is 0.400. The second-order valence-electron chi connectivity index (χ2n) is 12.1. The van der Waals surface area contributed by atoms with E-state index in [2.05, 4.69) is 33.0 Å². The molecular formula is C30H31ClN2O5. The van der Waals surface area contributed by atoms with Crippen molar-refractivity contribution in [2.45, 2.75) is 65.9 Å². The number of ketones is 2. The number of carbonyl (C=O) groups is 2. The molecular weight excluding hydrogens is 504 g/mol. The first-order valence-corrected chi connectivity index (χ1v) is 13.2. The van der Waals surface area contributed by atoms with Crippen molar-refractivity contribution in [2.24, 2.45) is 10.8 Å². The molecule has 0 bridgehead atoms. The third kappa shape index (κ3) is 4.99. The van der Waals surface area contributed by atoms with Crippen molar-refractivity contribution in [1.29, 1.82) is 0 Å².